The summed E-state index contributed by atoms with van der Waals surface area (Å²) in [7, 11) is 0. The molecule has 0 spiro atoms. The maximum atomic E-state index is 6.19. The second-order valence-electron chi connectivity index (χ2n) is 6.81. The number of anilines is 1. The SMILES string of the molecule is CC(C)(C)NCC(OCc1ccccc1)c1cc(Cl)c(N)c(Cl)c1. The Morgan fingerprint density at radius 3 is 2.21 bits per heavy atom. The normalized spacial score (nSPS) is 13.0. The van der Waals surface area contributed by atoms with Gasteiger partial charge in [-0.05, 0) is 44.0 Å². The second-order valence-corrected chi connectivity index (χ2v) is 7.63. The molecule has 0 amide bonds. The standard InChI is InChI=1S/C19H24Cl2N2O/c1-19(2,3)23-11-17(24-12-13-7-5-4-6-8-13)14-9-15(20)18(22)16(21)10-14/h4-10,17,23H,11-12,22H2,1-3H3. The maximum absolute atomic E-state index is 6.19. The van der Waals surface area contributed by atoms with E-state index < -0.39 is 0 Å². The van der Waals surface area contributed by atoms with Gasteiger partial charge in [0.15, 0.2) is 0 Å². The van der Waals surface area contributed by atoms with Crippen molar-refractivity contribution in [2.75, 3.05) is 12.3 Å². The predicted molar refractivity (Wildman–Crippen MR) is 103 cm³/mol. The summed E-state index contributed by atoms with van der Waals surface area (Å²) in [5.74, 6) is 0. The number of nitrogen functional groups attached to an aromatic ring is 1. The van der Waals surface area contributed by atoms with Gasteiger partial charge in [0.25, 0.3) is 0 Å². The number of nitrogens with two attached hydrogens (primary N) is 1. The minimum absolute atomic E-state index is 0.0181. The number of nitrogens with one attached hydrogen (secondary N) is 1. The van der Waals surface area contributed by atoms with Crippen LogP contribution in [0.5, 0.6) is 0 Å². The Morgan fingerprint density at radius 1 is 1.08 bits per heavy atom. The Kier molecular flexibility index (Phi) is 6.53. The van der Waals surface area contributed by atoms with E-state index in [1.54, 1.807) is 0 Å². The van der Waals surface area contributed by atoms with Crippen molar-refractivity contribution < 1.29 is 4.74 Å². The highest BCUT2D eigenvalue weighted by atomic mass is 35.5. The molecule has 24 heavy (non-hydrogen) atoms. The fraction of sp³-hybridized carbons (Fsp3) is 0.368. The zero-order valence-electron chi connectivity index (χ0n) is 14.3. The molecule has 0 heterocycles. The van der Waals surface area contributed by atoms with Crippen LogP contribution in [0.3, 0.4) is 0 Å². The molecule has 0 aromatic heterocycles. The van der Waals surface area contributed by atoms with E-state index >= 15 is 0 Å². The van der Waals surface area contributed by atoms with E-state index in [4.69, 9.17) is 33.7 Å². The molecule has 0 aliphatic carbocycles. The summed E-state index contributed by atoms with van der Waals surface area (Å²) < 4.78 is 6.14. The van der Waals surface area contributed by atoms with Gasteiger partial charge in [-0.25, -0.2) is 0 Å². The van der Waals surface area contributed by atoms with Crippen molar-refractivity contribution in [2.45, 2.75) is 39.0 Å². The molecular weight excluding hydrogens is 343 g/mol. The fourth-order valence-electron chi connectivity index (χ4n) is 2.23. The summed E-state index contributed by atoms with van der Waals surface area (Å²) >= 11 is 12.4. The van der Waals surface area contributed by atoms with Crippen LogP contribution in [-0.4, -0.2) is 12.1 Å². The first kappa shape index (κ1) is 19.1. The van der Waals surface area contributed by atoms with Gasteiger partial charge in [-0.2, -0.15) is 0 Å². The summed E-state index contributed by atoms with van der Waals surface area (Å²) in [6.07, 6.45) is -0.181. The third-order valence-electron chi connectivity index (χ3n) is 3.58. The lowest BCUT2D eigenvalue weighted by molar-refractivity contribution is 0.0358. The summed E-state index contributed by atoms with van der Waals surface area (Å²) in [6.45, 7) is 7.50. The van der Waals surface area contributed by atoms with Gasteiger partial charge in [-0.3, -0.25) is 0 Å². The number of hydrogen-bond donors (Lipinski definition) is 2. The van der Waals surface area contributed by atoms with Crippen LogP contribution in [0.4, 0.5) is 5.69 Å². The van der Waals surface area contributed by atoms with Crippen molar-refractivity contribution in [3.63, 3.8) is 0 Å². The number of rotatable bonds is 6. The third kappa shape index (κ3) is 5.67. The van der Waals surface area contributed by atoms with E-state index in [1.165, 1.54) is 0 Å². The van der Waals surface area contributed by atoms with Crippen molar-refractivity contribution in [1.82, 2.24) is 5.32 Å². The molecule has 130 valence electrons. The van der Waals surface area contributed by atoms with Crippen molar-refractivity contribution in [2.24, 2.45) is 0 Å². The minimum atomic E-state index is -0.181. The molecule has 1 atom stereocenters. The first-order valence-electron chi connectivity index (χ1n) is 7.91. The Morgan fingerprint density at radius 2 is 1.67 bits per heavy atom. The molecule has 0 aliphatic rings. The molecular formula is C19H24Cl2N2O. The molecule has 2 aromatic carbocycles. The van der Waals surface area contributed by atoms with E-state index in [-0.39, 0.29) is 11.6 Å². The van der Waals surface area contributed by atoms with Crippen molar-refractivity contribution in [3.05, 3.63) is 63.6 Å². The van der Waals surface area contributed by atoms with Crippen LogP contribution in [0, 0.1) is 0 Å². The van der Waals surface area contributed by atoms with Crippen molar-refractivity contribution >= 4 is 28.9 Å². The molecule has 0 bridgehead atoms. The molecule has 2 aromatic rings. The van der Waals surface area contributed by atoms with Gasteiger partial charge in [-0.1, -0.05) is 53.5 Å². The van der Waals surface area contributed by atoms with Gasteiger partial charge in [0.1, 0.15) is 0 Å². The summed E-state index contributed by atoms with van der Waals surface area (Å²) in [5.41, 5.74) is 8.24. The van der Waals surface area contributed by atoms with Crippen LogP contribution in [0.1, 0.15) is 38.0 Å². The molecule has 1 unspecified atom stereocenters. The van der Waals surface area contributed by atoms with Gasteiger partial charge >= 0.3 is 0 Å². The first-order chi connectivity index (χ1) is 11.3. The Bertz CT molecular complexity index is 646. The van der Waals surface area contributed by atoms with Crippen molar-refractivity contribution in [1.29, 1.82) is 0 Å². The highest BCUT2D eigenvalue weighted by Crippen LogP contribution is 2.32. The number of benzene rings is 2. The monoisotopic (exact) mass is 366 g/mol. The van der Waals surface area contributed by atoms with Crippen LogP contribution in [0.15, 0.2) is 42.5 Å². The lowest BCUT2D eigenvalue weighted by Crippen LogP contribution is -2.39. The minimum Gasteiger partial charge on any atom is -0.396 e. The maximum Gasteiger partial charge on any atom is 0.0955 e. The molecule has 0 saturated heterocycles. The first-order valence-corrected chi connectivity index (χ1v) is 8.67. The molecule has 0 fully saturated rings. The van der Waals surface area contributed by atoms with E-state index in [9.17, 15) is 0 Å². The van der Waals surface area contributed by atoms with Gasteiger partial charge in [-0.15, -0.1) is 0 Å². The van der Waals surface area contributed by atoms with Crippen molar-refractivity contribution in [3.8, 4) is 0 Å². The summed E-state index contributed by atoms with van der Waals surface area (Å²) in [4.78, 5) is 0. The summed E-state index contributed by atoms with van der Waals surface area (Å²) in [5, 5.41) is 4.36. The quantitative estimate of drug-likeness (QED) is 0.688. The lowest BCUT2D eigenvalue weighted by atomic mass is 10.1. The highest BCUT2D eigenvalue weighted by Gasteiger charge is 2.19. The molecule has 5 heteroatoms. The zero-order valence-corrected chi connectivity index (χ0v) is 15.8. The van der Waals surface area contributed by atoms with Crippen LogP contribution in [0.2, 0.25) is 10.0 Å². The number of hydrogen-bond acceptors (Lipinski definition) is 3. The van der Waals surface area contributed by atoms with Crippen LogP contribution >= 0.6 is 23.2 Å². The van der Waals surface area contributed by atoms with E-state index in [0.717, 1.165) is 11.1 Å². The molecule has 3 nitrogen and oxygen atoms in total. The van der Waals surface area contributed by atoms with Gasteiger partial charge in [0, 0.05) is 12.1 Å². The Balaban J connectivity index is 2.18. The average molecular weight is 367 g/mol. The predicted octanol–water partition coefficient (Wildman–Crippen LogP) is 5.22. The third-order valence-corrected chi connectivity index (χ3v) is 4.21. The van der Waals surface area contributed by atoms with Gasteiger partial charge in [0.2, 0.25) is 0 Å². The topological polar surface area (TPSA) is 47.3 Å². The van der Waals surface area contributed by atoms with Gasteiger partial charge < -0.3 is 15.8 Å². The Hall–Kier alpha value is -1.26. The Labute approximate surface area is 154 Å². The molecule has 2 rings (SSSR count). The molecule has 3 N–H and O–H groups in total. The largest absolute Gasteiger partial charge is 0.396 e. The highest BCUT2D eigenvalue weighted by molar-refractivity contribution is 6.38. The van der Waals surface area contributed by atoms with Crippen LogP contribution < -0.4 is 11.1 Å². The molecule has 0 saturated carbocycles. The van der Waals surface area contributed by atoms with E-state index in [2.05, 4.69) is 26.1 Å². The fourth-order valence-corrected chi connectivity index (χ4v) is 2.74. The van der Waals surface area contributed by atoms with Crippen LogP contribution in [0.25, 0.3) is 0 Å². The van der Waals surface area contributed by atoms with Crippen LogP contribution in [-0.2, 0) is 11.3 Å². The number of ether oxygens (including phenoxy) is 1. The van der Waals surface area contributed by atoms with Gasteiger partial charge in [0.05, 0.1) is 28.4 Å². The molecule has 0 aliphatic heterocycles. The van der Waals surface area contributed by atoms with E-state index in [0.29, 0.717) is 28.9 Å². The lowest BCUT2D eigenvalue weighted by Gasteiger charge is -2.26. The smallest absolute Gasteiger partial charge is 0.0955 e. The van der Waals surface area contributed by atoms with E-state index in [1.807, 2.05) is 42.5 Å². The summed E-state index contributed by atoms with van der Waals surface area (Å²) in [6, 6.07) is 13.7. The molecule has 0 radical (unpaired) electrons. The number of halogens is 2. The average Bonchev–Trinajstić information content (AvgIpc) is 2.52. The second kappa shape index (κ2) is 8.21. The zero-order chi connectivity index (χ0) is 17.7.